The summed E-state index contributed by atoms with van der Waals surface area (Å²) in [6, 6.07) is 2.05. The molecule has 1 amide bonds. The number of benzene rings is 1. The molecule has 0 aromatic heterocycles. The number of aliphatic carboxylic acids is 2. The third-order valence-corrected chi connectivity index (χ3v) is 2.66. The molecule has 7 nitrogen and oxygen atoms in total. The standard InChI is InChI=1S/C13H14FNO6/c1-21-10-4-2-7(6-8(10)14)12(18)15-9(13(19)20)3-5-11(16)17/h2,4,6,9H,3,5H2,1H3,(H,15,18)(H,16,17)(H,19,20)/t9-/m0/s1. The van der Waals surface area contributed by atoms with Crippen molar-refractivity contribution in [2.75, 3.05) is 7.11 Å². The molecule has 114 valence electrons. The first-order valence-corrected chi connectivity index (χ1v) is 5.94. The van der Waals surface area contributed by atoms with Gasteiger partial charge in [0, 0.05) is 12.0 Å². The zero-order valence-electron chi connectivity index (χ0n) is 11.1. The van der Waals surface area contributed by atoms with Gasteiger partial charge in [-0.05, 0) is 24.6 Å². The smallest absolute Gasteiger partial charge is 0.326 e. The number of hydrogen-bond donors (Lipinski definition) is 3. The highest BCUT2D eigenvalue weighted by Gasteiger charge is 2.22. The van der Waals surface area contributed by atoms with Gasteiger partial charge in [-0.3, -0.25) is 9.59 Å². The Morgan fingerprint density at radius 3 is 2.48 bits per heavy atom. The van der Waals surface area contributed by atoms with E-state index in [0.29, 0.717) is 0 Å². The average molecular weight is 299 g/mol. The van der Waals surface area contributed by atoms with E-state index in [4.69, 9.17) is 14.9 Å². The van der Waals surface area contributed by atoms with E-state index in [1.807, 2.05) is 0 Å². The minimum Gasteiger partial charge on any atom is -0.494 e. The SMILES string of the molecule is COc1ccc(C(=O)N[C@@H](CCC(=O)O)C(=O)O)cc1F. The first kappa shape index (κ1) is 16.4. The van der Waals surface area contributed by atoms with E-state index >= 15 is 0 Å². The summed E-state index contributed by atoms with van der Waals surface area (Å²) in [6.07, 6.45) is -0.677. The maximum atomic E-state index is 13.5. The van der Waals surface area contributed by atoms with E-state index in [9.17, 15) is 18.8 Å². The molecule has 0 saturated heterocycles. The van der Waals surface area contributed by atoms with Crippen molar-refractivity contribution in [1.29, 1.82) is 0 Å². The van der Waals surface area contributed by atoms with Crippen molar-refractivity contribution in [2.24, 2.45) is 0 Å². The van der Waals surface area contributed by atoms with Gasteiger partial charge in [-0.2, -0.15) is 0 Å². The highest BCUT2D eigenvalue weighted by Crippen LogP contribution is 2.17. The van der Waals surface area contributed by atoms with Crippen molar-refractivity contribution in [3.8, 4) is 5.75 Å². The van der Waals surface area contributed by atoms with Gasteiger partial charge in [-0.25, -0.2) is 9.18 Å². The van der Waals surface area contributed by atoms with Gasteiger partial charge in [-0.1, -0.05) is 0 Å². The van der Waals surface area contributed by atoms with E-state index in [-0.39, 0.29) is 17.7 Å². The molecular weight excluding hydrogens is 285 g/mol. The van der Waals surface area contributed by atoms with Crippen LogP contribution in [0.1, 0.15) is 23.2 Å². The Labute approximate surface area is 119 Å². The number of nitrogens with one attached hydrogen (secondary N) is 1. The number of carboxylic acid groups (broad SMARTS) is 2. The number of halogens is 1. The Bertz CT molecular complexity index is 560. The van der Waals surface area contributed by atoms with Crippen molar-refractivity contribution >= 4 is 17.8 Å². The van der Waals surface area contributed by atoms with Crippen LogP contribution in [0.15, 0.2) is 18.2 Å². The van der Waals surface area contributed by atoms with Crippen LogP contribution in [0.3, 0.4) is 0 Å². The fourth-order valence-electron chi connectivity index (χ4n) is 1.57. The molecule has 1 rings (SSSR count). The van der Waals surface area contributed by atoms with Crippen LogP contribution >= 0.6 is 0 Å². The molecule has 8 heteroatoms. The number of carboxylic acids is 2. The second kappa shape index (κ2) is 7.22. The number of hydrogen-bond acceptors (Lipinski definition) is 4. The molecule has 0 radical (unpaired) electrons. The topological polar surface area (TPSA) is 113 Å². The molecule has 1 aromatic carbocycles. The lowest BCUT2D eigenvalue weighted by atomic mass is 10.1. The first-order valence-electron chi connectivity index (χ1n) is 5.94. The van der Waals surface area contributed by atoms with Crippen LogP contribution in [0.5, 0.6) is 5.75 Å². The van der Waals surface area contributed by atoms with Crippen LogP contribution in [-0.2, 0) is 9.59 Å². The largest absolute Gasteiger partial charge is 0.494 e. The van der Waals surface area contributed by atoms with Gasteiger partial charge in [0.2, 0.25) is 0 Å². The molecule has 0 aliphatic carbocycles. The normalized spacial score (nSPS) is 11.5. The zero-order chi connectivity index (χ0) is 16.0. The quantitative estimate of drug-likeness (QED) is 0.689. The highest BCUT2D eigenvalue weighted by molar-refractivity contribution is 5.96. The summed E-state index contributed by atoms with van der Waals surface area (Å²) in [6.45, 7) is 0. The van der Waals surface area contributed by atoms with Crippen LogP contribution in [0.25, 0.3) is 0 Å². The number of carbonyl (C=O) groups excluding carboxylic acids is 1. The highest BCUT2D eigenvalue weighted by atomic mass is 19.1. The Hall–Kier alpha value is -2.64. The summed E-state index contributed by atoms with van der Waals surface area (Å²) in [5.74, 6) is -4.16. The van der Waals surface area contributed by atoms with E-state index in [0.717, 1.165) is 6.07 Å². The minimum absolute atomic E-state index is 0.0489. The Morgan fingerprint density at radius 2 is 2.00 bits per heavy atom. The van der Waals surface area contributed by atoms with Crippen molar-refractivity contribution in [3.05, 3.63) is 29.6 Å². The number of rotatable bonds is 7. The maximum absolute atomic E-state index is 13.5. The van der Waals surface area contributed by atoms with Gasteiger partial charge >= 0.3 is 11.9 Å². The Kier molecular flexibility index (Phi) is 5.65. The van der Waals surface area contributed by atoms with E-state index in [1.54, 1.807) is 0 Å². The van der Waals surface area contributed by atoms with Crippen molar-refractivity contribution in [1.82, 2.24) is 5.32 Å². The van der Waals surface area contributed by atoms with Crippen LogP contribution in [0, 0.1) is 5.82 Å². The summed E-state index contributed by atoms with van der Waals surface area (Å²) in [5, 5.41) is 19.6. The lowest BCUT2D eigenvalue weighted by Gasteiger charge is -2.13. The van der Waals surface area contributed by atoms with Crippen molar-refractivity contribution in [2.45, 2.75) is 18.9 Å². The minimum atomic E-state index is -1.36. The molecule has 21 heavy (non-hydrogen) atoms. The number of amides is 1. The molecule has 0 unspecified atom stereocenters. The summed E-state index contributed by atoms with van der Waals surface area (Å²) in [5.41, 5.74) is -0.0881. The zero-order valence-corrected chi connectivity index (χ0v) is 11.1. The molecule has 0 heterocycles. The third kappa shape index (κ3) is 4.75. The first-order chi connectivity index (χ1) is 9.85. The van der Waals surface area contributed by atoms with Crippen LogP contribution in [0.4, 0.5) is 4.39 Å². The number of carbonyl (C=O) groups is 3. The van der Waals surface area contributed by atoms with Crippen LogP contribution < -0.4 is 10.1 Å². The second-order valence-electron chi connectivity index (χ2n) is 4.15. The fraction of sp³-hybridized carbons (Fsp3) is 0.308. The van der Waals surface area contributed by atoms with E-state index in [2.05, 4.69) is 5.32 Å². The lowest BCUT2D eigenvalue weighted by molar-refractivity contribution is -0.140. The molecule has 0 saturated carbocycles. The predicted molar refractivity (Wildman–Crippen MR) is 68.7 cm³/mol. The molecule has 0 fully saturated rings. The molecule has 0 bridgehead atoms. The molecule has 0 spiro atoms. The second-order valence-corrected chi connectivity index (χ2v) is 4.15. The number of methoxy groups -OCH3 is 1. The summed E-state index contributed by atoms with van der Waals surface area (Å²) >= 11 is 0. The summed E-state index contributed by atoms with van der Waals surface area (Å²) < 4.78 is 18.2. The molecular formula is C13H14FNO6. The fourth-order valence-corrected chi connectivity index (χ4v) is 1.57. The lowest BCUT2D eigenvalue weighted by Crippen LogP contribution is -2.41. The number of ether oxygens (including phenoxy) is 1. The molecule has 0 aliphatic rings. The summed E-state index contributed by atoms with van der Waals surface area (Å²) in [7, 11) is 1.27. The molecule has 1 aromatic rings. The monoisotopic (exact) mass is 299 g/mol. The van der Waals surface area contributed by atoms with Crippen LogP contribution in [0.2, 0.25) is 0 Å². The maximum Gasteiger partial charge on any atom is 0.326 e. The molecule has 3 N–H and O–H groups in total. The van der Waals surface area contributed by atoms with Gasteiger partial charge < -0.3 is 20.3 Å². The van der Waals surface area contributed by atoms with Gasteiger partial charge in [0.05, 0.1) is 7.11 Å². The third-order valence-electron chi connectivity index (χ3n) is 2.66. The van der Waals surface area contributed by atoms with Gasteiger partial charge in [0.1, 0.15) is 6.04 Å². The van der Waals surface area contributed by atoms with E-state index in [1.165, 1.54) is 19.2 Å². The Balaban J connectivity index is 2.79. The summed E-state index contributed by atoms with van der Waals surface area (Å²) in [4.78, 5) is 33.2. The van der Waals surface area contributed by atoms with Crippen molar-refractivity contribution < 1.29 is 33.7 Å². The Morgan fingerprint density at radius 1 is 1.33 bits per heavy atom. The van der Waals surface area contributed by atoms with Crippen molar-refractivity contribution in [3.63, 3.8) is 0 Å². The average Bonchev–Trinajstić information content (AvgIpc) is 2.42. The van der Waals surface area contributed by atoms with Gasteiger partial charge in [0.15, 0.2) is 11.6 Å². The van der Waals surface area contributed by atoms with Gasteiger partial charge in [-0.15, -0.1) is 0 Å². The van der Waals surface area contributed by atoms with Gasteiger partial charge in [0.25, 0.3) is 5.91 Å². The molecule has 0 aliphatic heterocycles. The van der Waals surface area contributed by atoms with E-state index < -0.39 is 36.1 Å². The predicted octanol–water partition coefficient (Wildman–Crippen LogP) is 0.882. The van der Waals surface area contributed by atoms with Crippen LogP contribution in [-0.4, -0.2) is 41.2 Å². The molecule has 1 atom stereocenters.